The number of nitrogens with zero attached hydrogens (tertiary/aromatic N) is 1. The Morgan fingerprint density at radius 1 is 1.39 bits per heavy atom. The average molecular weight is 248 g/mol. The summed E-state index contributed by atoms with van der Waals surface area (Å²) in [6, 6.07) is 6.50. The van der Waals surface area contributed by atoms with Crippen molar-refractivity contribution in [3.63, 3.8) is 0 Å². The third kappa shape index (κ3) is 3.47. The van der Waals surface area contributed by atoms with Crippen LogP contribution in [0.2, 0.25) is 0 Å². The monoisotopic (exact) mass is 248 g/mol. The fourth-order valence-corrected chi connectivity index (χ4v) is 2.42. The largest absolute Gasteiger partial charge is 0.494 e. The number of rotatable bonds is 6. The summed E-state index contributed by atoms with van der Waals surface area (Å²) >= 11 is 0. The van der Waals surface area contributed by atoms with Gasteiger partial charge in [0.15, 0.2) is 0 Å². The summed E-state index contributed by atoms with van der Waals surface area (Å²) < 4.78 is 5.57. The Hall–Kier alpha value is -1.06. The predicted molar refractivity (Wildman–Crippen MR) is 75.0 cm³/mol. The van der Waals surface area contributed by atoms with E-state index in [-0.39, 0.29) is 0 Å². The highest BCUT2D eigenvalue weighted by Gasteiger charge is 2.18. The first-order chi connectivity index (χ1) is 8.69. The topological polar surface area (TPSA) is 24.5 Å². The maximum absolute atomic E-state index is 5.57. The molecule has 0 bridgehead atoms. The summed E-state index contributed by atoms with van der Waals surface area (Å²) in [6.07, 6.45) is 0. The van der Waals surface area contributed by atoms with Crippen LogP contribution in [0.25, 0.3) is 0 Å². The standard InChI is InChI=1S/C15H24N2O/c1-4-18-15-6-5-13(7-12(15)2)10-17(3)11-14-8-16-9-14/h5-7,14,16H,4,8-11H2,1-3H3. The minimum atomic E-state index is 0.731. The molecule has 0 amide bonds. The number of aryl methyl sites for hydroxylation is 1. The molecule has 18 heavy (non-hydrogen) atoms. The van der Waals surface area contributed by atoms with Gasteiger partial charge in [-0.05, 0) is 44.0 Å². The summed E-state index contributed by atoms with van der Waals surface area (Å²) in [5, 5.41) is 3.32. The van der Waals surface area contributed by atoms with Crippen molar-refractivity contribution >= 4 is 0 Å². The Kier molecular flexibility index (Phi) is 4.61. The lowest BCUT2D eigenvalue weighted by molar-refractivity contribution is 0.218. The van der Waals surface area contributed by atoms with Gasteiger partial charge in [0.25, 0.3) is 0 Å². The van der Waals surface area contributed by atoms with E-state index in [0.29, 0.717) is 0 Å². The van der Waals surface area contributed by atoms with Gasteiger partial charge in [-0.1, -0.05) is 12.1 Å². The van der Waals surface area contributed by atoms with E-state index in [9.17, 15) is 0 Å². The van der Waals surface area contributed by atoms with E-state index >= 15 is 0 Å². The van der Waals surface area contributed by atoms with E-state index in [1.54, 1.807) is 0 Å². The van der Waals surface area contributed by atoms with Crippen LogP contribution in [-0.4, -0.2) is 38.2 Å². The molecular weight excluding hydrogens is 224 g/mol. The quantitative estimate of drug-likeness (QED) is 0.834. The minimum Gasteiger partial charge on any atom is -0.494 e. The van der Waals surface area contributed by atoms with E-state index in [1.165, 1.54) is 30.8 Å². The first kappa shape index (κ1) is 13.4. The van der Waals surface area contributed by atoms with E-state index < -0.39 is 0 Å². The van der Waals surface area contributed by atoms with Gasteiger partial charge < -0.3 is 15.0 Å². The first-order valence-electron chi connectivity index (χ1n) is 6.80. The predicted octanol–water partition coefficient (Wildman–Crippen LogP) is 2.04. The van der Waals surface area contributed by atoms with Gasteiger partial charge in [0.2, 0.25) is 0 Å². The molecule has 0 aromatic heterocycles. The number of hydrogen-bond donors (Lipinski definition) is 1. The minimum absolute atomic E-state index is 0.731. The lowest BCUT2D eigenvalue weighted by Crippen LogP contribution is -2.47. The molecule has 1 aliphatic heterocycles. The molecule has 100 valence electrons. The van der Waals surface area contributed by atoms with E-state index in [4.69, 9.17) is 4.74 Å². The van der Waals surface area contributed by atoms with Gasteiger partial charge in [0.05, 0.1) is 6.61 Å². The Bertz CT molecular complexity index is 388. The Morgan fingerprint density at radius 2 is 2.17 bits per heavy atom. The van der Waals surface area contributed by atoms with Crippen molar-refractivity contribution in [3.05, 3.63) is 29.3 Å². The number of benzene rings is 1. The fourth-order valence-electron chi connectivity index (χ4n) is 2.42. The molecule has 2 rings (SSSR count). The lowest BCUT2D eigenvalue weighted by Gasteiger charge is -2.31. The summed E-state index contributed by atoms with van der Waals surface area (Å²) in [6.45, 7) is 9.41. The van der Waals surface area contributed by atoms with Gasteiger partial charge in [0, 0.05) is 26.2 Å². The van der Waals surface area contributed by atoms with Crippen molar-refractivity contribution in [2.75, 3.05) is 33.3 Å². The van der Waals surface area contributed by atoms with Crippen LogP contribution >= 0.6 is 0 Å². The van der Waals surface area contributed by atoms with Gasteiger partial charge in [0.1, 0.15) is 5.75 Å². The Balaban J connectivity index is 1.89. The highest BCUT2D eigenvalue weighted by molar-refractivity contribution is 5.36. The van der Waals surface area contributed by atoms with Crippen LogP contribution in [0.1, 0.15) is 18.1 Å². The van der Waals surface area contributed by atoms with Gasteiger partial charge in [-0.3, -0.25) is 0 Å². The van der Waals surface area contributed by atoms with Gasteiger partial charge in [-0.2, -0.15) is 0 Å². The van der Waals surface area contributed by atoms with Gasteiger partial charge in [-0.25, -0.2) is 0 Å². The zero-order valence-corrected chi connectivity index (χ0v) is 11.7. The molecular formula is C15H24N2O. The molecule has 3 heteroatoms. The second kappa shape index (κ2) is 6.21. The van der Waals surface area contributed by atoms with Crippen molar-refractivity contribution < 1.29 is 4.74 Å². The van der Waals surface area contributed by atoms with Crippen LogP contribution in [-0.2, 0) is 6.54 Å². The van der Waals surface area contributed by atoms with Crippen LogP contribution in [0.15, 0.2) is 18.2 Å². The Morgan fingerprint density at radius 3 is 2.72 bits per heavy atom. The van der Waals surface area contributed by atoms with Crippen molar-refractivity contribution in [3.8, 4) is 5.75 Å². The van der Waals surface area contributed by atoms with Crippen LogP contribution in [0.4, 0.5) is 0 Å². The van der Waals surface area contributed by atoms with Gasteiger partial charge in [-0.15, -0.1) is 0 Å². The zero-order chi connectivity index (χ0) is 13.0. The molecule has 0 spiro atoms. The first-order valence-corrected chi connectivity index (χ1v) is 6.80. The van der Waals surface area contributed by atoms with Crippen LogP contribution in [0.3, 0.4) is 0 Å². The summed E-state index contributed by atoms with van der Waals surface area (Å²) in [5.74, 6) is 1.84. The highest BCUT2D eigenvalue weighted by atomic mass is 16.5. The molecule has 0 unspecified atom stereocenters. The van der Waals surface area contributed by atoms with Crippen LogP contribution < -0.4 is 10.1 Å². The van der Waals surface area contributed by atoms with Crippen molar-refractivity contribution in [1.82, 2.24) is 10.2 Å². The summed E-state index contributed by atoms with van der Waals surface area (Å²) in [7, 11) is 2.20. The SMILES string of the molecule is CCOc1ccc(CN(C)CC2CNC2)cc1C. The molecule has 1 N–H and O–H groups in total. The van der Waals surface area contributed by atoms with Crippen LogP contribution in [0.5, 0.6) is 5.75 Å². The molecule has 1 fully saturated rings. The summed E-state index contributed by atoms with van der Waals surface area (Å²) in [4.78, 5) is 2.40. The third-order valence-corrected chi connectivity index (χ3v) is 3.43. The Labute approximate surface area is 110 Å². The maximum atomic E-state index is 5.57. The number of hydrogen-bond acceptors (Lipinski definition) is 3. The summed E-state index contributed by atoms with van der Waals surface area (Å²) in [5.41, 5.74) is 2.60. The van der Waals surface area contributed by atoms with Crippen molar-refractivity contribution in [2.24, 2.45) is 5.92 Å². The van der Waals surface area contributed by atoms with Gasteiger partial charge >= 0.3 is 0 Å². The van der Waals surface area contributed by atoms with Crippen molar-refractivity contribution in [2.45, 2.75) is 20.4 Å². The second-order valence-electron chi connectivity index (χ2n) is 5.25. The molecule has 0 aliphatic carbocycles. The van der Waals surface area contributed by atoms with E-state index in [2.05, 4.69) is 42.4 Å². The normalized spacial score (nSPS) is 15.8. The van der Waals surface area contributed by atoms with E-state index in [1.807, 2.05) is 6.92 Å². The molecule has 1 saturated heterocycles. The van der Waals surface area contributed by atoms with E-state index in [0.717, 1.165) is 24.8 Å². The molecule has 1 heterocycles. The van der Waals surface area contributed by atoms with Crippen molar-refractivity contribution in [1.29, 1.82) is 0 Å². The second-order valence-corrected chi connectivity index (χ2v) is 5.25. The lowest BCUT2D eigenvalue weighted by atomic mass is 10.0. The molecule has 1 aromatic rings. The highest BCUT2D eigenvalue weighted by Crippen LogP contribution is 2.20. The number of nitrogens with one attached hydrogen (secondary N) is 1. The smallest absolute Gasteiger partial charge is 0.122 e. The van der Waals surface area contributed by atoms with Crippen LogP contribution in [0, 0.1) is 12.8 Å². The molecule has 3 nitrogen and oxygen atoms in total. The third-order valence-electron chi connectivity index (χ3n) is 3.43. The molecule has 1 aliphatic rings. The molecule has 0 radical (unpaired) electrons. The molecule has 1 aromatic carbocycles. The fraction of sp³-hybridized carbons (Fsp3) is 0.600. The number of ether oxygens (including phenoxy) is 1. The molecule has 0 saturated carbocycles. The molecule has 0 atom stereocenters. The average Bonchev–Trinajstić information content (AvgIpc) is 2.28. The maximum Gasteiger partial charge on any atom is 0.122 e. The zero-order valence-electron chi connectivity index (χ0n) is 11.7.